The summed E-state index contributed by atoms with van der Waals surface area (Å²) in [6.45, 7) is 3.65. The van der Waals surface area contributed by atoms with Gasteiger partial charge in [-0.05, 0) is 31.5 Å². The van der Waals surface area contributed by atoms with Crippen molar-refractivity contribution in [1.29, 1.82) is 0 Å². The molecule has 4 aromatic heterocycles. The normalized spacial score (nSPS) is 11.2. The predicted octanol–water partition coefficient (Wildman–Crippen LogP) is 2.71. The zero-order chi connectivity index (χ0) is 16.8. The number of ether oxygens (including phenoxy) is 1. The van der Waals surface area contributed by atoms with Crippen molar-refractivity contribution in [2.75, 3.05) is 0 Å². The molecular weight excluding hydrogens is 310 g/mol. The first kappa shape index (κ1) is 14.2. The van der Waals surface area contributed by atoms with E-state index >= 15 is 0 Å². The molecule has 0 saturated heterocycles. The summed E-state index contributed by atoms with van der Waals surface area (Å²) in [5.74, 6) is -0.224. The van der Waals surface area contributed by atoms with Crippen LogP contribution >= 0.6 is 0 Å². The second-order valence-electron chi connectivity index (χ2n) is 5.49. The Hall–Kier alpha value is -3.42. The molecule has 0 aromatic carbocycles. The highest BCUT2D eigenvalue weighted by Crippen LogP contribution is 2.29. The number of H-pyrrole nitrogens is 1. The van der Waals surface area contributed by atoms with Crippen LogP contribution < -0.4 is 4.74 Å². The van der Waals surface area contributed by atoms with E-state index in [1.807, 2.05) is 19.1 Å². The van der Waals surface area contributed by atoms with E-state index in [2.05, 4.69) is 20.1 Å². The number of rotatable bonds is 3. The molecule has 120 valence electrons. The van der Waals surface area contributed by atoms with Gasteiger partial charge in [0.05, 0.1) is 11.8 Å². The summed E-state index contributed by atoms with van der Waals surface area (Å²) in [6.07, 6.45) is 4.35. The molecule has 0 fully saturated rings. The van der Waals surface area contributed by atoms with Gasteiger partial charge in [0.15, 0.2) is 0 Å². The fraction of sp³-hybridized carbons (Fsp3) is 0.125. The Morgan fingerprint density at radius 2 is 2.12 bits per heavy atom. The lowest BCUT2D eigenvalue weighted by atomic mass is 10.2. The Labute approximate surface area is 135 Å². The largest absolute Gasteiger partial charge is 0.478 e. The van der Waals surface area contributed by atoms with Gasteiger partial charge >= 0.3 is 5.97 Å². The van der Waals surface area contributed by atoms with Gasteiger partial charge < -0.3 is 14.8 Å². The van der Waals surface area contributed by atoms with Crippen LogP contribution in [-0.4, -0.2) is 35.6 Å². The zero-order valence-electron chi connectivity index (χ0n) is 12.9. The van der Waals surface area contributed by atoms with E-state index in [1.165, 1.54) is 17.0 Å². The van der Waals surface area contributed by atoms with Crippen molar-refractivity contribution >= 4 is 22.5 Å². The molecule has 0 amide bonds. The summed E-state index contributed by atoms with van der Waals surface area (Å²) in [6, 6.07) is 3.82. The van der Waals surface area contributed by atoms with Crippen LogP contribution in [0.4, 0.5) is 0 Å². The molecule has 2 N–H and O–H groups in total. The highest BCUT2D eigenvalue weighted by atomic mass is 16.5. The maximum atomic E-state index is 11.3. The lowest BCUT2D eigenvalue weighted by Crippen LogP contribution is -1.97. The van der Waals surface area contributed by atoms with Gasteiger partial charge in [0.1, 0.15) is 23.2 Å². The van der Waals surface area contributed by atoms with Crippen molar-refractivity contribution < 1.29 is 14.6 Å². The number of hydrogen-bond acceptors (Lipinski definition) is 5. The van der Waals surface area contributed by atoms with Crippen molar-refractivity contribution in [2.24, 2.45) is 0 Å². The van der Waals surface area contributed by atoms with Crippen LogP contribution in [0.15, 0.2) is 30.9 Å². The Kier molecular flexibility index (Phi) is 2.99. The number of hydrogen-bond donors (Lipinski definition) is 2. The van der Waals surface area contributed by atoms with E-state index in [1.54, 1.807) is 13.1 Å². The molecule has 0 radical (unpaired) electrons. The van der Waals surface area contributed by atoms with Crippen molar-refractivity contribution in [3.8, 4) is 11.6 Å². The second-order valence-corrected chi connectivity index (χ2v) is 5.49. The second kappa shape index (κ2) is 5.05. The third kappa shape index (κ3) is 2.16. The van der Waals surface area contributed by atoms with Gasteiger partial charge in [-0.15, -0.1) is 0 Å². The first-order valence-electron chi connectivity index (χ1n) is 7.22. The average Bonchev–Trinajstić information content (AvgIpc) is 3.07. The lowest BCUT2D eigenvalue weighted by Gasteiger charge is -2.06. The molecule has 0 aliphatic carbocycles. The molecule has 0 unspecified atom stereocenters. The van der Waals surface area contributed by atoms with Crippen LogP contribution in [0.5, 0.6) is 11.6 Å². The maximum Gasteiger partial charge on any atom is 0.337 e. The van der Waals surface area contributed by atoms with Crippen LogP contribution in [0.2, 0.25) is 0 Å². The Balaban J connectivity index is 1.81. The number of pyridine rings is 1. The number of carboxylic acids is 1. The minimum absolute atomic E-state index is 0.162. The number of aromatic nitrogens is 5. The van der Waals surface area contributed by atoms with E-state index in [-0.39, 0.29) is 11.4 Å². The SMILES string of the molecule is Cc1cc2cc(Oc3ncnn4cc(C(=O)O)c(C)c34)cnc2[nH]1. The zero-order valence-corrected chi connectivity index (χ0v) is 12.9. The number of nitrogens with one attached hydrogen (secondary N) is 1. The Morgan fingerprint density at radius 1 is 1.29 bits per heavy atom. The van der Waals surface area contributed by atoms with Gasteiger partial charge in [-0.1, -0.05) is 0 Å². The summed E-state index contributed by atoms with van der Waals surface area (Å²) >= 11 is 0. The third-order valence-electron chi connectivity index (χ3n) is 3.82. The summed E-state index contributed by atoms with van der Waals surface area (Å²) < 4.78 is 7.29. The van der Waals surface area contributed by atoms with Crippen LogP contribution in [0.3, 0.4) is 0 Å². The fourth-order valence-electron chi connectivity index (χ4n) is 2.72. The van der Waals surface area contributed by atoms with Crippen molar-refractivity contribution in [3.05, 3.63) is 47.7 Å². The topological polar surface area (TPSA) is 105 Å². The molecule has 4 heterocycles. The standard InChI is InChI=1S/C16H13N5O3/c1-8-3-10-4-11(5-17-14(10)20-8)24-15-13-9(2)12(16(22)23)6-21(13)19-7-18-15/h3-7H,1-2H3,(H,17,20)(H,22,23). The fourth-order valence-corrected chi connectivity index (χ4v) is 2.72. The molecular formula is C16H13N5O3. The molecule has 0 aliphatic heterocycles. The molecule has 4 aromatic rings. The predicted molar refractivity (Wildman–Crippen MR) is 85.6 cm³/mol. The molecule has 8 nitrogen and oxygen atoms in total. The van der Waals surface area contributed by atoms with E-state index in [0.717, 1.165) is 16.7 Å². The number of aromatic carboxylic acids is 1. The summed E-state index contributed by atoms with van der Waals surface area (Å²) in [5.41, 5.74) is 3.01. The quantitative estimate of drug-likeness (QED) is 0.600. The molecule has 8 heteroatoms. The van der Waals surface area contributed by atoms with Crippen molar-refractivity contribution in [3.63, 3.8) is 0 Å². The van der Waals surface area contributed by atoms with Gasteiger partial charge in [-0.3, -0.25) is 0 Å². The summed E-state index contributed by atoms with van der Waals surface area (Å²) in [4.78, 5) is 22.9. The Morgan fingerprint density at radius 3 is 2.92 bits per heavy atom. The van der Waals surface area contributed by atoms with Gasteiger partial charge in [0.2, 0.25) is 5.88 Å². The molecule has 4 rings (SSSR count). The summed E-state index contributed by atoms with van der Waals surface area (Å²) in [5, 5.41) is 14.2. The van der Waals surface area contributed by atoms with Crippen LogP contribution in [0.25, 0.3) is 16.6 Å². The molecule has 0 aliphatic rings. The Bertz CT molecular complexity index is 1100. The van der Waals surface area contributed by atoms with Crippen molar-refractivity contribution in [2.45, 2.75) is 13.8 Å². The number of carboxylic acid groups (broad SMARTS) is 1. The molecule has 0 saturated carbocycles. The highest BCUT2D eigenvalue weighted by Gasteiger charge is 2.18. The highest BCUT2D eigenvalue weighted by molar-refractivity contribution is 5.92. The number of aryl methyl sites for hydroxylation is 2. The number of nitrogens with zero attached hydrogens (tertiary/aromatic N) is 4. The van der Waals surface area contributed by atoms with E-state index in [4.69, 9.17) is 4.74 Å². The van der Waals surface area contributed by atoms with Crippen LogP contribution in [0, 0.1) is 13.8 Å². The smallest absolute Gasteiger partial charge is 0.337 e. The van der Waals surface area contributed by atoms with E-state index in [0.29, 0.717) is 16.8 Å². The lowest BCUT2D eigenvalue weighted by molar-refractivity contribution is 0.0696. The van der Waals surface area contributed by atoms with Gasteiger partial charge in [-0.2, -0.15) is 10.1 Å². The van der Waals surface area contributed by atoms with Crippen molar-refractivity contribution in [1.82, 2.24) is 24.6 Å². The summed E-state index contributed by atoms with van der Waals surface area (Å²) in [7, 11) is 0. The molecule has 0 bridgehead atoms. The van der Waals surface area contributed by atoms with Gasteiger partial charge in [-0.25, -0.2) is 14.3 Å². The molecule has 0 atom stereocenters. The average molecular weight is 323 g/mol. The van der Waals surface area contributed by atoms with E-state index < -0.39 is 5.97 Å². The maximum absolute atomic E-state index is 11.3. The third-order valence-corrected chi connectivity index (χ3v) is 3.82. The van der Waals surface area contributed by atoms with Gasteiger partial charge in [0, 0.05) is 17.3 Å². The number of fused-ring (bicyclic) bond motifs is 2. The monoisotopic (exact) mass is 323 g/mol. The molecule has 0 spiro atoms. The minimum atomic E-state index is -1.02. The first-order chi connectivity index (χ1) is 11.5. The van der Waals surface area contributed by atoms with Crippen LogP contribution in [-0.2, 0) is 0 Å². The number of carbonyl (C=O) groups is 1. The van der Waals surface area contributed by atoms with Crippen LogP contribution in [0.1, 0.15) is 21.6 Å². The minimum Gasteiger partial charge on any atom is -0.478 e. The first-order valence-corrected chi connectivity index (χ1v) is 7.22. The van der Waals surface area contributed by atoms with Gasteiger partial charge in [0.25, 0.3) is 0 Å². The van der Waals surface area contributed by atoms with E-state index in [9.17, 15) is 9.90 Å². The number of aromatic amines is 1. The molecule has 24 heavy (non-hydrogen) atoms.